The number of morpholine rings is 1. The van der Waals surface area contributed by atoms with Crippen LogP contribution in [-0.2, 0) is 16.0 Å². The Morgan fingerprint density at radius 2 is 2.00 bits per heavy atom. The number of benzene rings is 1. The molecule has 1 saturated heterocycles. The van der Waals surface area contributed by atoms with Gasteiger partial charge in [-0.2, -0.15) is 0 Å². The Morgan fingerprint density at radius 1 is 1.25 bits per heavy atom. The minimum atomic E-state index is -0.440. The van der Waals surface area contributed by atoms with Crippen LogP contribution in [0.1, 0.15) is 22.3 Å². The zero-order chi connectivity index (χ0) is 14.1. The van der Waals surface area contributed by atoms with E-state index in [1.54, 1.807) is 11.0 Å². The number of hydrogen-bond acceptors (Lipinski definition) is 3. The third-order valence-corrected chi connectivity index (χ3v) is 3.97. The predicted octanol–water partition coefficient (Wildman–Crippen LogP) is 1.43. The third kappa shape index (κ3) is 2.33. The summed E-state index contributed by atoms with van der Waals surface area (Å²) in [6.07, 6.45) is 0.483. The second-order valence-corrected chi connectivity index (χ2v) is 5.23. The monoisotopic (exact) mass is 277 g/mol. The van der Waals surface area contributed by atoms with E-state index < -0.39 is 11.7 Å². The molecule has 1 aliphatic heterocycles. The molecule has 0 spiro atoms. The van der Waals surface area contributed by atoms with Gasteiger partial charge in [-0.1, -0.05) is 12.1 Å². The lowest BCUT2D eigenvalue weighted by Gasteiger charge is -2.32. The van der Waals surface area contributed by atoms with Crippen molar-refractivity contribution in [2.45, 2.75) is 12.8 Å². The fraction of sp³-hybridized carbons (Fsp3) is 0.467. The number of fused-ring (bicyclic) bond motifs is 1. The fourth-order valence-corrected chi connectivity index (χ4v) is 2.90. The van der Waals surface area contributed by atoms with E-state index in [0.29, 0.717) is 43.9 Å². The molecule has 1 heterocycles. The maximum absolute atomic E-state index is 13.8. The Bertz CT molecular complexity index is 552. The van der Waals surface area contributed by atoms with Crippen molar-refractivity contribution in [2.75, 3.05) is 26.3 Å². The summed E-state index contributed by atoms with van der Waals surface area (Å²) in [5.74, 6) is -1.03. The summed E-state index contributed by atoms with van der Waals surface area (Å²) in [6, 6.07) is 4.51. The number of carbonyl (C=O) groups excluding carboxylic acids is 2. The summed E-state index contributed by atoms with van der Waals surface area (Å²) in [7, 11) is 0. The van der Waals surface area contributed by atoms with Crippen LogP contribution in [0.3, 0.4) is 0 Å². The molecule has 3 rings (SSSR count). The zero-order valence-electron chi connectivity index (χ0n) is 11.1. The second-order valence-electron chi connectivity index (χ2n) is 5.23. The lowest BCUT2D eigenvalue weighted by Crippen LogP contribution is -2.45. The standard InChI is InChI=1S/C15H16FNO3/c16-13-3-1-2-11-12(13)8-10(9-14(11)18)15(19)17-4-6-20-7-5-17/h1-3,10H,4-9H2. The second kappa shape index (κ2) is 5.32. The molecule has 0 bridgehead atoms. The molecule has 1 atom stereocenters. The van der Waals surface area contributed by atoms with Crippen molar-refractivity contribution < 1.29 is 18.7 Å². The number of rotatable bonds is 1. The van der Waals surface area contributed by atoms with Gasteiger partial charge in [-0.05, 0) is 18.1 Å². The van der Waals surface area contributed by atoms with Gasteiger partial charge in [0, 0.05) is 31.0 Å². The van der Waals surface area contributed by atoms with Gasteiger partial charge in [0.25, 0.3) is 0 Å². The summed E-state index contributed by atoms with van der Waals surface area (Å²) in [5, 5.41) is 0. The van der Waals surface area contributed by atoms with Crippen LogP contribution in [0.4, 0.5) is 4.39 Å². The highest BCUT2D eigenvalue weighted by molar-refractivity contribution is 6.01. The molecular weight excluding hydrogens is 261 g/mol. The van der Waals surface area contributed by atoms with E-state index in [1.807, 2.05) is 0 Å². The third-order valence-electron chi connectivity index (χ3n) is 3.97. The number of Topliss-reactive ketones (excluding diaryl/α,β-unsaturated/α-hetero) is 1. The van der Waals surface area contributed by atoms with Gasteiger partial charge in [-0.25, -0.2) is 4.39 Å². The van der Waals surface area contributed by atoms with Crippen LogP contribution in [0, 0.1) is 11.7 Å². The van der Waals surface area contributed by atoms with E-state index in [-0.39, 0.29) is 18.1 Å². The predicted molar refractivity (Wildman–Crippen MR) is 69.9 cm³/mol. The number of nitrogens with zero attached hydrogens (tertiary/aromatic N) is 1. The smallest absolute Gasteiger partial charge is 0.226 e. The van der Waals surface area contributed by atoms with Crippen LogP contribution in [0.25, 0.3) is 0 Å². The first-order chi connectivity index (χ1) is 9.66. The molecule has 1 amide bonds. The quantitative estimate of drug-likeness (QED) is 0.780. The van der Waals surface area contributed by atoms with Crippen molar-refractivity contribution in [3.63, 3.8) is 0 Å². The molecule has 1 aromatic rings. The van der Waals surface area contributed by atoms with Crippen LogP contribution in [0.15, 0.2) is 18.2 Å². The fourth-order valence-electron chi connectivity index (χ4n) is 2.90. The van der Waals surface area contributed by atoms with Gasteiger partial charge in [0.15, 0.2) is 5.78 Å². The van der Waals surface area contributed by atoms with Gasteiger partial charge < -0.3 is 9.64 Å². The van der Waals surface area contributed by atoms with Gasteiger partial charge in [0.05, 0.1) is 13.2 Å². The van der Waals surface area contributed by atoms with Gasteiger partial charge in [0.1, 0.15) is 5.82 Å². The molecule has 1 fully saturated rings. The molecule has 5 heteroatoms. The zero-order valence-corrected chi connectivity index (χ0v) is 11.1. The minimum absolute atomic E-state index is 0.0597. The van der Waals surface area contributed by atoms with Crippen molar-refractivity contribution in [3.8, 4) is 0 Å². The maximum atomic E-state index is 13.8. The van der Waals surface area contributed by atoms with Crippen LogP contribution < -0.4 is 0 Å². The van der Waals surface area contributed by atoms with E-state index >= 15 is 0 Å². The molecule has 0 N–H and O–H groups in total. The molecule has 0 saturated carbocycles. The Morgan fingerprint density at radius 3 is 2.75 bits per heavy atom. The highest BCUT2D eigenvalue weighted by atomic mass is 19.1. The number of ether oxygens (including phenoxy) is 1. The van der Waals surface area contributed by atoms with Crippen molar-refractivity contribution in [1.82, 2.24) is 4.90 Å². The van der Waals surface area contributed by atoms with Crippen LogP contribution in [0.2, 0.25) is 0 Å². The van der Waals surface area contributed by atoms with Gasteiger partial charge in [0.2, 0.25) is 5.91 Å². The molecule has 0 aromatic heterocycles. The van der Waals surface area contributed by atoms with Crippen LogP contribution >= 0.6 is 0 Å². The first kappa shape index (κ1) is 13.2. The molecular formula is C15H16FNO3. The lowest BCUT2D eigenvalue weighted by atomic mass is 9.82. The number of amides is 1. The van der Waals surface area contributed by atoms with E-state index in [2.05, 4.69) is 0 Å². The van der Waals surface area contributed by atoms with Crippen molar-refractivity contribution in [1.29, 1.82) is 0 Å². The van der Waals surface area contributed by atoms with E-state index in [0.717, 1.165) is 0 Å². The van der Waals surface area contributed by atoms with E-state index in [9.17, 15) is 14.0 Å². The van der Waals surface area contributed by atoms with Gasteiger partial charge in [-0.15, -0.1) is 0 Å². The molecule has 1 aliphatic carbocycles. The highest BCUT2D eigenvalue weighted by Crippen LogP contribution is 2.28. The number of hydrogen-bond donors (Lipinski definition) is 0. The number of ketones is 1. The molecule has 2 aliphatic rings. The molecule has 4 nitrogen and oxygen atoms in total. The first-order valence-electron chi connectivity index (χ1n) is 6.84. The van der Waals surface area contributed by atoms with E-state index in [4.69, 9.17) is 4.74 Å². The summed E-state index contributed by atoms with van der Waals surface area (Å²) >= 11 is 0. The normalized spacial score (nSPS) is 22.6. The van der Waals surface area contributed by atoms with Crippen molar-refractivity contribution in [3.05, 3.63) is 35.1 Å². The minimum Gasteiger partial charge on any atom is -0.378 e. The lowest BCUT2D eigenvalue weighted by molar-refractivity contribution is -0.139. The highest BCUT2D eigenvalue weighted by Gasteiger charge is 2.34. The molecule has 0 radical (unpaired) electrons. The first-order valence-corrected chi connectivity index (χ1v) is 6.84. The average molecular weight is 277 g/mol. The Balaban J connectivity index is 1.82. The molecule has 1 aromatic carbocycles. The summed E-state index contributed by atoms with van der Waals surface area (Å²) in [4.78, 5) is 26.2. The van der Waals surface area contributed by atoms with Gasteiger partial charge in [-0.3, -0.25) is 9.59 Å². The number of halogens is 1. The largest absolute Gasteiger partial charge is 0.378 e. The van der Waals surface area contributed by atoms with Crippen molar-refractivity contribution in [2.24, 2.45) is 5.92 Å². The molecule has 106 valence electrons. The topological polar surface area (TPSA) is 46.6 Å². The maximum Gasteiger partial charge on any atom is 0.226 e. The summed E-state index contributed by atoms with van der Waals surface area (Å²) < 4.78 is 19.0. The Labute approximate surface area is 116 Å². The summed E-state index contributed by atoms with van der Waals surface area (Å²) in [5.41, 5.74) is 0.811. The molecule has 1 unspecified atom stereocenters. The average Bonchev–Trinajstić information content (AvgIpc) is 2.48. The SMILES string of the molecule is O=C1CC(C(=O)N2CCOCC2)Cc2c(F)cccc21. The Hall–Kier alpha value is -1.75. The van der Waals surface area contributed by atoms with Crippen molar-refractivity contribution >= 4 is 11.7 Å². The van der Waals surface area contributed by atoms with E-state index in [1.165, 1.54) is 12.1 Å². The van der Waals surface area contributed by atoms with Crippen LogP contribution in [0.5, 0.6) is 0 Å². The summed E-state index contributed by atoms with van der Waals surface area (Å²) in [6.45, 7) is 2.15. The van der Waals surface area contributed by atoms with Crippen LogP contribution in [-0.4, -0.2) is 42.9 Å². The van der Waals surface area contributed by atoms with Gasteiger partial charge >= 0.3 is 0 Å². The molecule has 20 heavy (non-hydrogen) atoms. The Kier molecular flexibility index (Phi) is 3.53. The number of carbonyl (C=O) groups is 2.